The summed E-state index contributed by atoms with van der Waals surface area (Å²) in [5.41, 5.74) is 2.65. The lowest BCUT2D eigenvalue weighted by Crippen LogP contribution is -2.33. The maximum Gasteiger partial charge on any atom is 0.390 e. The topological polar surface area (TPSA) is 38.8 Å². The van der Waals surface area contributed by atoms with Crippen molar-refractivity contribution in [1.82, 2.24) is 0 Å². The molecule has 2 aromatic rings. The van der Waals surface area contributed by atoms with Crippen LogP contribution in [0.25, 0.3) is 0 Å². The Hall–Kier alpha value is -2.77. The van der Waals surface area contributed by atoms with E-state index in [1.165, 1.54) is 6.07 Å². The third-order valence-electron chi connectivity index (χ3n) is 5.35. The number of hydrogen-bond donors (Lipinski definition) is 0. The zero-order chi connectivity index (χ0) is 23.1. The highest BCUT2D eigenvalue weighted by Crippen LogP contribution is 2.37. The van der Waals surface area contributed by atoms with Crippen LogP contribution in [-0.4, -0.2) is 31.8 Å². The predicted molar refractivity (Wildman–Crippen MR) is 113 cm³/mol. The number of para-hydroxylation sites is 1. The van der Waals surface area contributed by atoms with Crippen LogP contribution in [-0.2, 0) is 29.0 Å². The van der Waals surface area contributed by atoms with Crippen LogP contribution in [0.5, 0.6) is 5.75 Å². The number of hydrogen-bond acceptors (Lipinski definition) is 4. The fourth-order valence-corrected chi connectivity index (χ4v) is 3.82. The van der Waals surface area contributed by atoms with Crippen LogP contribution < -0.4 is 9.64 Å². The van der Waals surface area contributed by atoms with Gasteiger partial charge in [0.2, 0.25) is 0 Å². The van der Waals surface area contributed by atoms with Crippen LogP contribution in [0.4, 0.5) is 23.2 Å². The number of carbonyl (C=O) groups excluding carboxylic acids is 1. The molecule has 1 heterocycles. The molecule has 32 heavy (non-hydrogen) atoms. The molecule has 8 heteroatoms. The molecule has 0 saturated heterocycles. The van der Waals surface area contributed by atoms with Crippen LogP contribution in [0.1, 0.15) is 42.9 Å². The van der Waals surface area contributed by atoms with Gasteiger partial charge in [-0.15, -0.1) is 0 Å². The Balaban J connectivity index is 1.67. The molecule has 1 aliphatic rings. The molecule has 4 nitrogen and oxygen atoms in total. The number of halogens is 4. The molecule has 0 aromatic heterocycles. The van der Waals surface area contributed by atoms with Gasteiger partial charge in [-0.1, -0.05) is 24.3 Å². The van der Waals surface area contributed by atoms with E-state index in [1.807, 2.05) is 12.1 Å². The highest BCUT2D eigenvalue weighted by Gasteiger charge is 2.30. The maximum absolute atomic E-state index is 14.4. The molecule has 0 N–H and O–H groups in total. The van der Waals surface area contributed by atoms with E-state index < -0.39 is 18.4 Å². The second-order valence-corrected chi connectivity index (χ2v) is 7.74. The van der Waals surface area contributed by atoms with Crippen molar-refractivity contribution >= 4 is 11.7 Å². The van der Waals surface area contributed by atoms with Gasteiger partial charge < -0.3 is 14.4 Å². The smallest absolute Gasteiger partial charge is 0.390 e. The fourth-order valence-electron chi connectivity index (χ4n) is 3.82. The number of anilines is 1. The maximum atomic E-state index is 14.4. The van der Waals surface area contributed by atoms with Gasteiger partial charge in [0.1, 0.15) is 18.2 Å². The van der Waals surface area contributed by atoms with Crippen molar-refractivity contribution in [2.45, 2.75) is 51.8 Å². The molecule has 0 saturated carbocycles. The van der Waals surface area contributed by atoms with Gasteiger partial charge in [-0.2, -0.15) is 13.2 Å². The van der Waals surface area contributed by atoms with Crippen molar-refractivity contribution in [3.05, 3.63) is 58.9 Å². The van der Waals surface area contributed by atoms with E-state index in [2.05, 4.69) is 0 Å². The number of alkyl halides is 3. The lowest BCUT2D eigenvalue weighted by atomic mass is 10.0. The molecule has 0 atom stereocenters. The number of nitrogens with zero attached hydrogens (tertiary/aromatic N) is 1. The minimum Gasteiger partial charge on any atom is -0.487 e. The molecule has 1 aliphatic heterocycles. The summed E-state index contributed by atoms with van der Waals surface area (Å²) in [6.45, 7) is 2.49. The van der Waals surface area contributed by atoms with Crippen molar-refractivity contribution in [2.24, 2.45) is 0 Å². The Bertz CT molecular complexity index is 930. The molecule has 0 radical (unpaired) electrons. The molecule has 0 spiro atoms. The van der Waals surface area contributed by atoms with E-state index in [-0.39, 0.29) is 38.6 Å². The first-order chi connectivity index (χ1) is 15.3. The molecule has 0 fully saturated rings. The summed E-state index contributed by atoms with van der Waals surface area (Å²) in [4.78, 5) is 13.2. The van der Waals surface area contributed by atoms with Gasteiger partial charge in [-0.25, -0.2) is 4.39 Å². The Kier molecular flexibility index (Phi) is 7.99. The molecular formula is C24H27F4NO3. The van der Waals surface area contributed by atoms with E-state index in [0.717, 1.165) is 18.4 Å². The van der Waals surface area contributed by atoms with E-state index in [9.17, 15) is 22.4 Å². The van der Waals surface area contributed by atoms with Crippen LogP contribution in [0.2, 0.25) is 0 Å². The van der Waals surface area contributed by atoms with Gasteiger partial charge in [0, 0.05) is 19.5 Å². The Morgan fingerprint density at radius 3 is 2.72 bits per heavy atom. The second-order valence-electron chi connectivity index (χ2n) is 7.74. The summed E-state index contributed by atoms with van der Waals surface area (Å²) in [6, 6.07) is 10.1. The van der Waals surface area contributed by atoms with Gasteiger partial charge in [0.05, 0.1) is 18.7 Å². The minimum absolute atomic E-state index is 0.0820. The van der Waals surface area contributed by atoms with Crippen LogP contribution in [0.3, 0.4) is 0 Å². The van der Waals surface area contributed by atoms with Gasteiger partial charge in [0.15, 0.2) is 0 Å². The van der Waals surface area contributed by atoms with Crippen molar-refractivity contribution in [3.8, 4) is 5.75 Å². The first-order valence-corrected chi connectivity index (χ1v) is 10.8. The third-order valence-corrected chi connectivity index (χ3v) is 5.35. The van der Waals surface area contributed by atoms with E-state index in [4.69, 9.17) is 9.47 Å². The number of rotatable bonds is 9. The summed E-state index contributed by atoms with van der Waals surface area (Å²) < 4.78 is 63.4. The number of carbonyl (C=O) groups is 1. The van der Waals surface area contributed by atoms with E-state index in [0.29, 0.717) is 29.1 Å². The first kappa shape index (κ1) is 23.9. The first-order valence-electron chi connectivity index (χ1n) is 10.8. The third kappa shape index (κ3) is 6.61. The zero-order valence-corrected chi connectivity index (χ0v) is 18.0. The van der Waals surface area contributed by atoms with E-state index >= 15 is 0 Å². The number of aryl methyl sites for hydroxylation is 2. The van der Waals surface area contributed by atoms with Crippen LogP contribution in [0.15, 0.2) is 36.4 Å². The summed E-state index contributed by atoms with van der Waals surface area (Å²) in [5.74, 6) is -0.309. The molecule has 0 unspecified atom stereocenters. The van der Waals surface area contributed by atoms with Crippen molar-refractivity contribution in [3.63, 3.8) is 0 Å². The molecule has 3 rings (SSSR count). The average molecular weight is 453 g/mol. The molecule has 0 aliphatic carbocycles. The number of benzene rings is 2. The van der Waals surface area contributed by atoms with Gasteiger partial charge in [-0.05, 0) is 55.0 Å². The Labute approximate surface area is 185 Å². The summed E-state index contributed by atoms with van der Waals surface area (Å²) in [6.07, 6.45) is -3.21. The number of ether oxygens (including phenoxy) is 2. The molecule has 0 amide bonds. The standard InChI is InChI=1S/C24H27F4NO3/c1-2-31-22(30)11-10-18-9-8-17(15-20(18)25)16-32-21-7-3-5-19-6-4-13-29(23(19)21)14-12-24(26,27)28/h3,5,7-9,15H,2,4,6,10-14,16H2,1H3. The summed E-state index contributed by atoms with van der Waals surface area (Å²) in [5, 5.41) is 0. The SMILES string of the molecule is CCOC(=O)CCc1ccc(COc2cccc3c2N(CCC(F)(F)F)CCC3)cc1F. The second kappa shape index (κ2) is 10.7. The van der Waals surface area contributed by atoms with Crippen LogP contribution >= 0.6 is 0 Å². The molecule has 2 aromatic carbocycles. The van der Waals surface area contributed by atoms with Crippen molar-refractivity contribution in [1.29, 1.82) is 0 Å². The fraction of sp³-hybridized carbons (Fsp3) is 0.458. The quantitative estimate of drug-likeness (QED) is 0.366. The molecule has 0 bridgehead atoms. The van der Waals surface area contributed by atoms with Crippen molar-refractivity contribution < 1.29 is 31.8 Å². The number of fused-ring (bicyclic) bond motifs is 1. The van der Waals surface area contributed by atoms with Gasteiger partial charge in [0.25, 0.3) is 0 Å². The summed E-state index contributed by atoms with van der Waals surface area (Å²) >= 11 is 0. The molecule has 174 valence electrons. The lowest BCUT2D eigenvalue weighted by molar-refractivity contribution is -0.143. The van der Waals surface area contributed by atoms with Crippen molar-refractivity contribution in [2.75, 3.05) is 24.6 Å². The average Bonchev–Trinajstić information content (AvgIpc) is 2.75. The Morgan fingerprint density at radius 2 is 2.00 bits per heavy atom. The highest BCUT2D eigenvalue weighted by atomic mass is 19.4. The monoisotopic (exact) mass is 453 g/mol. The minimum atomic E-state index is -4.22. The Morgan fingerprint density at radius 1 is 1.19 bits per heavy atom. The molecular weight excluding hydrogens is 426 g/mol. The highest BCUT2D eigenvalue weighted by molar-refractivity contribution is 5.69. The van der Waals surface area contributed by atoms with E-state index in [1.54, 1.807) is 30.0 Å². The zero-order valence-electron chi connectivity index (χ0n) is 18.0. The van der Waals surface area contributed by atoms with Crippen LogP contribution in [0, 0.1) is 5.82 Å². The largest absolute Gasteiger partial charge is 0.487 e. The normalized spacial score (nSPS) is 13.6. The summed E-state index contributed by atoms with van der Waals surface area (Å²) in [7, 11) is 0. The lowest BCUT2D eigenvalue weighted by Gasteiger charge is -2.33. The number of esters is 1. The van der Waals surface area contributed by atoms with Gasteiger partial charge in [-0.3, -0.25) is 4.79 Å². The predicted octanol–water partition coefficient (Wildman–Crippen LogP) is 5.61. The van der Waals surface area contributed by atoms with Gasteiger partial charge >= 0.3 is 12.1 Å².